The highest BCUT2D eigenvalue weighted by Gasteiger charge is 2.27. The molecule has 5 rings (SSSR count). The summed E-state index contributed by atoms with van der Waals surface area (Å²) < 4.78 is 19.1. The third-order valence-electron chi connectivity index (χ3n) is 5.88. The van der Waals surface area contributed by atoms with Crippen LogP contribution in [0.15, 0.2) is 71.6 Å². The maximum Gasteiger partial charge on any atom is 0.261 e. The summed E-state index contributed by atoms with van der Waals surface area (Å²) in [5.74, 6) is 1.00. The van der Waals surface area contributed by atoms with Crippen molar-refractivity contribution in [2.75, 3.05) is 18.0 Å². The Morgan fingerprint density at radius 3 is 2.76 bits per heavy atom. The number of benzene rings is 1. The molecule has 8 nitrogen and oxygen atoms in total. The van der Waals surface area contributed by atoms with Crippen LogP contribution in [0, 0.1) is 11.7 Å². The van der Waals surface area contributed by atoms with E-state index >= 15 is 0 Å². The molecule has 9 heteroatoms. The van der Waals surface area contributed by atoms with Crippen molar-refractivity contribution in [3.63, 3.8) is 0 Å². The Kier molecular flexibility index (Phi) is 6.24. The van der Waals surface area contributed by atoms with E-state index in [1.165, 1.54) is 12.1 Å². The number of hydrogen-bond acceptors (Lipinski definition) is 7. The highest BCUT2D eigenvalue weighted by Crippen LogP contribution is 2.32. The van der Waals surface area contributed by atoms with Gasteiger partial charge >= 0.3 is 0 Å². The predicted molar refractivity (Wildman–Crippen MR) is 124 cm³/mol. The summed E-state index contributed by atoms with van der Waals surface area (Å²) in [6.07, 6.45) is 6.61. The van der Waals surface area contributed by atoms with E-state index < -0.39 is 0 Å². The van der Waals surface area contributed by atoms with Crippen LogP contribution in [0.4, 0.5) is 10.2 Å². The molecule has 1 N–H and O–H groups in total. The second-order valence-electron chi connectivity index (χ2n) is 8.15. The largest absolute Gasteiger partial charge is 0.356 e. The number of nitrogens with zero attached hydrogens (tertiary/aromatic N) is 5. The molecule has 0 saturated carbocycles. The number of aromatic nitrogens is 4. The third-order valence-corrected chi connectivity index (χ3v) is 5.88. The van der Waals surface area contributed by atoms with Gasteiger partial charge in [-0.3, -0.25) is 9.78 Å². The first kappa shape index (κ1) is 21.7. The maximum absolute atomic E-state index is 13.6. The van der Waals surface area contributed by atoms with Crippen LogP contribution in [0.2, 0.25) is 0 Å². The molecule has 4 heterocycles. The molecule has 1 amide bonds. The number of hydrogen-bond donors (Lipinski definition) is 1. The van der Waals surface area contributed by atoms with Gasteiger partial charge < -0.3 is 14.7 Å². The van der Waals surface area contributed by atoms with E-state index in [2.05, 4.69) is 30.3 Å². The molecule has 1 aliphatic heterocycles. The van der Waals surface area contributed by atoms with Crippen LogP contribution < -0.4 is 10.2 Å². The van der Waals surface area contributed by atoms with E-state index in [1.54, 1.807) is 30.7 Å². The number of amides is 1. The number of nitrogens with one attached hydrogen (secondary N) is 1. The van der Waals surface area contributed by atoms with Gasteiger partial charge in [-0.05, 0) is 48.7 Å². The lowest BCUT2D eigenvalue weighted by molar-refractivity contribution is -0.125. The van der Waals surface area contributed by atoms with Gasteiger partial charge in [0.25, 0.3) is 5.89 Å². The Bertz CT molecular complexity index is 1270. The van der Waals surface area contributed by atoms with Gasteiger partial charge in [0.15, 0.2) is 0 Å². The van der Waals surface area contributed by atoms with E-state index in [-0.39, 0.29) is 17.6 Å². The number of halogens is 1. The van der Waals surface area contributed by atoms with Gasteiger partial charge in [0.05, 0.1) is 5.56 Å². The Morgan fingerprint density at radius 2 is 1.97 bits per heavy atom. The highest BCUT2D eigenvalue weighted by atomic mass is 19.1. The molecule has 0 atom stereocenters. The SMILES string of the molecule is O=C(NCc1cccnc1)C1CCN(c2ncccc2-c2nc(-c3cccc(F)c3)no2)CC1. The van der Waals surface area contributed by atoms with Crippen LogP contribution in [0.1, 0.15) is 18.4 Å². The number of anilines is 1. The maximum atomic E-state index is 13.6. The molecular weight excluding hydrogens is 435 g/mol. The average Bonchev–Trinajstić information content (AvgIpc) is 3.38. The molecule has 0 unspecified atom stereocenters. The van der Waals surface area contributed by atoms with Crippen LogP contribution in [0.3, 0.4) is 0 Å². The number of carbonyl (C=O) groups is 1. The van der Waals surface area contributed by atoms with Crippen LogP contribution in [-0.2, 0) is 11.3 Å². The molecule has 0 spiro atoms. The van der Waals surface area contributed by atoms with Gasteiger partial charge in [0.1, 0.15) is 11.6 Å². The molecule has 0 bridgehead atoms. The van der Waals surface area contributed by atoms with Crippen molar-refractivity contribution >= 4 is 11.7 Å². The number of rotatable bonds is 6. The molecule has 1 saturated heterocycles. The third kappa shape index (κ3) is 4.78. The summed E-state index contributed by atoms with van der Waals surface area (Å²) in [6.45, 7) is 1.84. The summed E-state index contributed by atoms with van der Waals surface area (Å²) in [4.78, 5) is 27.9. The van der Waals surface area contributed by atoms with Crippen molar-refractivity contribution in [3.05, 3.63) is 78.5 Å². The van der Waals surface area contributed by atoms with Gasteiger partial charge in [-0.2, -0.15) is 4.98 Å². The number of carbonyl (C=O) groups excluding carboxylic acids is 1. The number of piperidine rings is 1. The standard InChI is InChI=1S/C25H23FN6O2/c26-20-6-1-5-19(14-20)22-30-25(34-31-22)21-7-3-11-28-23(21)32-12-8-18(9-13-32)24(33)29-16-17-4-2-10-27-15-17/h1-7,10-11,14-15,18H,8-9,12-13,16H2,(H,29,33). The van der Waals surface area contributed by atoms with Gasteiger partial charge in [-0.15, -0.1) is 0 Å². The molecule has 1 aliphatic rings. The number of pyridine rings is 2. The zero-order chi connectivity index (χ0) is 23.3. The Labute approximate surface area is 195 Å². The fourth-order valence-electron chi connectivity index (χ4n) is 4.08. The van der Waals surface area contributed by atoms with E-state index in [9.17, 15) is 9.18 Å². The minimum Gasteiger partial charge on any atom is -0.356 e. The Hall–Kier alpha value is -4.14. The van der Waals surface area contributed by atoms with Crippen LogP contribution in [0.5, 0.6) is 0 Å². The molecule has 1 aromatic carbocycles. The van der Waals surface area contributed by atoms with Crippen LogP contribution in [-0.4, -0.2) is 39.1 Å². The van der Waals surface area contributed by atoms with Crippen molar-refractivity contribution in [1.82, 2.24) is 25.4 Å². The lowest BCUT2D eigenvalue weighted by atomic mass is 9.95. The van der Waals surface area contributed by atoms with Gasteiger partial charge in [0, 0.05) is 49.7 Å². The molecule has 34 heavy (non-hydrogen) atoms. The summed E-state index contributed by atoms with van der Waals surface area (Å²) in [5, 5.41) is 7.02. The molecule has 172 valence electrons. The smallest absolute Gasteiger partial charge is 0.261 e. The summed E-state index contributed by atoms with van der Waals surface area (Å²) >= 11 is 0. The fourth-order valence-corrected chi connectivity index (χ4v) is 4.08. The molecule has 1 fully saturated rings. The van der Waals surface area contributed by atoms with Gasteiger partial charge in [0.2, 0.25) is 11.7 Å². The lowest BCUT2D eigenvalue weighted by Crippen LogP contribution is -2.40. The predicted octanol–water partition coefficient (Wildman–Crippen LogP) is 3.87. The normalized spacial score (nSPS) is 14.2. The zero-order valence-electron chi connectivity index (χ0n) is 18.4. The van der Waals surface area contributed by atoms with E-state index in [0.717, 1.165) is 11.4 Å². The van der Waals surface area contributed by atoms with Crippen molar-refractivity contribution in [1.29, 1.82) is 0 Å². The molecule has 0 aliphatic carbocycles. The minimum atomic E-state index is -0.363. The van der Waals surface area contributed by atoms with Gasteiger partial charge in [-0.25, -0.2) is 9.37 Å². The Balaban J connectivity index is 1.25. The van der Waals surface area contributed by atoms with Crippen molar-refractivity contribution in [3.8, 4) is 22.8 Å². The monoisotopic (exact) mass is 458 g/mol. The van der Waals surface area contributed by atoms with Gasteiger partial charge in [-0.1, -0.05) is 23.4 Å². The van der Waals surface area contributed by atoms with Crippen molar-refractivity contribution in [2.45, 2.75) is 19.4 Å². The van der Waals surface area contributed by atoms with Crippen LogP contribution >= 0.6 is 0 Å². The summed E-state index contributed by atoms with van der Waals surface area (Å²) in [7, 11) is 0. The first-order valence-corrected chi connectivity index (χ1v) is 11.1. The van der Waals surface area contributed by atoms with Crippen molar-refractivity contribution < 1.29 is 13.7 Å². The summed E-state index contributed by atoms with van der Waals surface area (Å²) in [5.41, 5.74) is 2.22. The van der Waals surface area contributed by atoms with Crippen LogP contribution in [0.25, 0.3) is 22.8 Å². The van der Waals surface area contributed by atoms with E-state index in [0.29, 0.717) is 55.3 Å². The molecular formula is C25H23FN6O2. The first-order chi connectivity index (χ1) is 16.7. The topological polar surface area (TPSA) is 97.0 Å². The Morgan fingerprint density at radius 1 is 1.12 bits per heavy atom. The molecule has 0 radical (unpaired) electrons. The molecule has 3 aromatic heterocycles. The zero-order valence-corrected chi connectivity index (χ0v) is 18.4. The average molecular weight is 458 g/mol. The van der Waals surface area contributed by atoms with Crippen molar-refractivity contribution in [2.24, 2.45) is 5.92 Å². The fraction of sp³-hybridized carbons (Fsp3) is 0.240. The highest BCUT2D eigenvalue weighted by molar-refractivity contribution is 5.79. The minimum absolute atomic E-state index is 0.0527. The quantitative estimate of drug-likeness (QED) is 0.469. The molecule has 4 aromatic rings. The first-order valence-electron chi connectivity index (χ1n) is 11.1. The summed E-state index contributed by atoms with van der Waals surface area (Å²) in [6, 6.07) is 13.5. The van der Waals surface area contributed by atoms with E-state index in [1.807, 2.05) is 24.3 Å². The van der Waals surface area contributed by atoms with E-state index in [4.69, 9.17) is 4.52 Å². The second kappa shape index (κ2) is 9.78. The second-order valence-corrected chi connectivity index (χ2v) is 8.15. The lowest BCUT2D eigenvalue weighted by Gasteiger charge is -2.32.